The zero-order chi connectivity index (χ0) is 35.2. The first-order valence-electron chi connectivity index (χ1n) is 13.7. The summed E-state index contributed by atoms with van der Waals surface area (Å²) in [6, 6.07) is 22.3. The molecule has 5 aromatic rings. The zero-order valence-corrected chi connectivity index (χ0v) is 27.2. The molecule has 0 atom stereocenters. The Hall–Kier alpha value is -5.88. The molecule has 0 aliphatic heterocycles. The summed E-state index contributed by atoms with van der Waals surface area (Å²) in [6.07, 6.45) is 0.620. The molecular weight excluding hydrogens is 696 g/mol. The first kappa shape index (κ1) is 34.5. The van der Waals surface area contributed by atoms with Crippen LogP contribution in [0.3, 0.4) is 0 Å². The molecule has 0 saturated heterocycles. The summed E-state index contributed by atoms with van der Waals surface area (Å²) < 4.78 is 58.4. The van der Waals surface area contributed by atoms with Crippen LogP contribution in [0.5, 0.6) is 5.75 Å². The molecule has 0 fully saturated rings. The van der Waals surface area contributed by atoms with E-state index in [2.05, 4.69) is 47.6 Å². The van der Waals surface area contributed by atoms with Crippen LogP contribution in [-0.4, -0.2) is 53.6 Å². The van der Waals surface area contributed by atoms with Gasteiger partial charge in [0, 0.05) is 22.1 Å². The van der Waals surface area contributed by atoms with E-state index in [1.54, 1.807) is 54.6 Å². The van der Waals surface area contributed by atoms with Gasteiger partial charge in [0.1, 0.15) is 5.69 Å². The third-order valence-electron chi connectivity index (χ3n) is 6.53. The second-order valence-corrected chi connectivity index (χ2v) is 13.4. The van der Waals surface area contributed by atoms with Gasteiger partial charge in [0.25, 0.3) is 10.1 Å². The molecule has 0 aliphatic carbocycles. The number of hydrazone groups is 1. The first-order valence-corrected chi connectivity index (χ1v) is 17.1. The number of carbonyl (C=O) groups is 1. The van der Waals surface area contributed by atoms with E-state index in [0.717, 1.165) is 17.5 Å². The van der Waals surface area contributed by atoms with Crippen LogP contribution in [0, 0.1) is 0 Å². The Labute approximate surface area is 284 Å². The van der Waals surface area contributed by atoms with Crippen molar-refractivity contribution < 1.29 is 31.3 Å². The third kappa shape index (κ3) is 8.35. The fraction of sp³-hybridized carbons (Fsp3) is 0. The maximum atomic E-state index is 12.2. The predicted molar refractivity (Wildman–Crippen MR) is 182 cm³/mol. The lowest BCUT2D eigenvalue weighted by atomic mass is 10.2. The van der Waals surface area contributed by atoms with Gasteiger partial charge >= 0.3 is 0 Å². The molecular formula is C31H23ClN8O7S2. The largest absolute Gasteiger partial charge is 0.504 e. The van der Waals surface area contributed by atoms with Crippen molar-refractivity contribution in [3.8, 4) is 17.1 Å². The van der Waals surface area contributed by atoms with E-state index >= 15 is 0 Å². The van der Waals surface area contributed by atoms with Crippen molar-refractivity contribution in [1.29, 1.82) is 0 Å². The summed E-state index contributed by atoms with van der Waals surface area (Å²) in [7, 11) is -8.52. The highest BCUT2D eigenvalue weighted by Crippen LogP contribution is 2.37. The van der Waals surface area contributed by atoms with Crippen LogP contribution in [0.4, 0.5) is 23.0 Å². The lowest BCUT2D eigenvalue weighted by Crippen LogP contribution is -2.06. The summed E-state index contributed by atoms with van der Waals surface area (Å²) in [6.45, 7) is 3.30. The number of hydrogen-bond acceptors (Lipinski definition) is 13. The summed E-state index contributed by atoms with van der Waals surface area (Å²) in [5.74, 6) is -0.841. The Morgan fingerprint density at radius 1 is 0.857 bits per heavy atom. The van der Waals surface area contributed by atoms with Crippen LogP contribution >= 0.6 is 11.6 Å². The van der Waals surface area contributed by atoms with Crippen LogP contribution in [0.15, 0.2) is 128 Å². The first-order chi connectivity index (χ1) is 23.4. The van der Waals surface area contributed by atoms with Crippen molar-refractivity contribution in [2.45, 2.75) is 9.79 Å². The van der Waals surface area contributed by atoms with Crippen molar-refractivity contribution in [3.05, 3.63) is 119 Å². The number of aromatic hydroxyl groups is 1. The number of rotatable bonds is 11. The van der Waals surface area contributed by atoms with Crippen molar-refractivity contribution >= 4 is 66.7 Å². The Bertz CT molecular complexity index is 2340. The topological polar surface area (TPSA) is 226 Å². The highest BCUT2D eigenvalue weighted by atomic mass is 35.5. The number of aldehydes is 1. The Morgan fingerprint density at radius 2 is 1.53 bits per heavy atom. The predicted octanol–water partition coefficient (Wildman–Crippen LogP) is 6.18. The fourth-order valence-corrected chi connectivity index (χ4v) is 5.51. The second kappa shape index (κ2) is 14.5. The van der Waals surface area contributed by atoms with Gasteiger partial charge in [0.05, 0.1) is 21.2 Å². The molecule has 0 aliphatic rings. The number of halogens is 1. The van der Waals surface area contributed by atoms with Crippen LogP contribution in [0.1, 0.15) is 15.9 Å². The number of phenols is 1. The average Bonchev–Trinajstić information content (AvgIpc) is 3.09. The molecule has 4 N–H and O–H groups in total. The minimum atomic E-state index is -4.83. The molecule has 49 heavy (non-hydrogen) atoms. The lowest BCUT2D eigenvalue weighted by Gasteiger charge is -2.13. The number of phenolic OH excluding ortho intramolecular Hbond substituents is 1. The van der Waals surface area contributed by atoms with Crippen LogP contribution in [-0.2, 0) is 20.0 Å². The number of amidine groups is 1. The Balaban J connectivity index is 1.52. The summed E-state index contributed by atoms with van der Waals surface area (Å²) >= 11 is 6.12. The molecule has 1 heterocycles. The monoisotopic (exact) mass is 718 g/mol. The zero-order valence-electron chi connectivity index (χ0n) is 24.8. The minimum Gasteiger partial charge on any atom is -0.504 e. The highest BCUT2D eigenvalue weighted by molar-refractivity contribution is 7.94. The van der Waals surface area contributed by atoms with Crippen molar-refractivity contribution in [2.24, 2.45) is 15.3 Å². The van der Waals surface area contributed by atoms with Crippen LogP contribution in [0.2, 0.25) is 5.28 Å². The summed E-state index contributed by atoms with van der Waals surface area (Å²) in [4.78, 5) is 23.0. The molecule has 0 saturated carbocycles. The van der Waals surface area contributed by atoms with Gasteiger partial charge in [-0.15, -0.1) is 10.2 Å². The number of nitrogens with one attached hydrogen (secondary N) is 2. The van der Waals surface area contributed by atoms with Gasteiger partial charge < -0.3 is 10.4 Å². The quantitative estimate of drug-likeness (QED) is 0.0229. The molecule has 0 unspecified atom stereocenters. The summed E-state index contributed by atoms with van der Waals surface area (Å²) in [5.41, 5.74) is 3.31. The van der Waals surface area contributed by atoms with Gasteiger partial charge in [0.15, 0.2) is 27.7 Å². The lowest BCUT2D eigenvalue weighted by molar-refractivity contribution is 0.112. The maximum Gasteiger partial charge on any atom is 0.294 e. The molecule has 1 aromatic heterocycles. The third-order valence-corrected chi connectivity index (χ3v) is 8.90. The van der Waals surface area contributed by atoms with E-state index in [4.69, 9.17) is 11.6 Å². The van der Waals surface area contributed by atoms with Gasteiger partial charge in [-0.05, 0) is 60.1 Å². The van der Waals surface area contributed by atoms with Gasteiger partial charge in [0.2, 0.25) is 17.1 Å². The van der Waals surface area contributed by atoms with Gasteiger partial charge in [-0.1, -0.05) is 49.0 Å². The molecule has 18 heteroatoms. The molecule has 0 bridgehead atoms. The number of nitrogens with zero attached hydrogens (tertiary/aromatic N) is 6. The normalized spacial score (nSPS) is 12.1. The molecule has 0 amide bonds. The number of carbonyl (C=O) groups excluding carboxylic acids is 1. The number of anilines is 3. The molecule has 15 nitrogen and oxygen atoms in total. The van der Waals surface area contributed by atoms with Crippen molar-refractivity contribution in [3.63, 3.8) is 0 Å². The Morgan fingerprint density at radius 3 is 2.20 bits per heavy atom. The van der Waals surface area contributed by atoms with Crippen LogP contribution in [0.25, 0.3) is 11.4 Å². The molecule has 0 spiro atoms. The van der Waals surface area contributed by atoms with E-state index in [-0.39, 0.29) is 50.4 Å². The van der Waals surface area contributed by atoms with Gasteiger partial charge in [-0.3, -0.25) is 14.8 Å². The van der Waals surface area contributed by atoms with Crippen molar-refractivity contribution in [1.82, 2.24) is 15.0 Å². The SMILES string of the molecule is C=CS(=O)(=O)c1ccc(-c2nc(Cl)nc(Nc3cc(S(=O)(=O)O)cc(NN=C(N=Nc4ccccc4C=O)c4ccccc4)c3O)n2)cc1. The number of azo groups is 1. The number of benzene rings is 4. The number of aromatic nitrogens is 3. The fourth-order valence-electron chi connectivity index (χ4n) is 4.11. The van der Waals surface area contributed by atoms with Crippen molar-refractivity contribution in [2.75, 3.05) is 10.7 Å². The Kier molecular flexibility index (Phi) is 10.2. The minimum absolute atomic E-state index is 0.00689. The molecule has 248 valence electrons. The molecule has 4 aromatic carbocycles. The highest BCUT2D eigenvalue weighted by Gasteiger charge is 2.20. The second-order valence-electron chi connectivity index (χ2n) is 9.74. The van der Waals surface area contributed by atoms with Gasteiger partial charge in [-0.25, -0.2) is 8.42 Å². The standard InChI is InChI=1S/C31H23ClN8O7S2/c1-2-48(43,44)22-14-12-20(13-15-22)28-34-30(32)36-31(35-28)33-25-16-23(49(45,46)47)17-26(27(25)42)38-40-29(19-8-4-3-5-9-19)39-37-24-11-7-6-10-21(24)18-41/h2-18,38,42H,1H2,(H,45,46,47)(H,33,34,35,36). The van der Waals surface area contributed by atoms with Gasteiger partial charge in [-0.2, -0.15) is 28.5 Å². The maximum absolute atomic E-state index is 12.2. The van der Waals surface area contributed by atoms with Crippen LogP contribution < -0.4 is 10.7 Å². The molecule has 0 radical (unpaired) electrons. The number of sulfone groups is 1. The van der Waals surface area contributed by atoms with E-state index in [1.165, 1.54) is 24.3 Å². The van der Waals surface area contributed by atoms with E-state index < -0.39 is 30.6 Å². The molecule has 5 rings (SSSR count). The van der Waals surface area contributed by atoms with E-state index in [9.17, 15) is 31.3 Å². The smallest absolute Gasteiger partial charge is 0.294 e. The van der Waals surface area contributed by atoms with E-state index in [0.29, 0.717) is 17.4 Å². The average molecular weight is 719 g/mol. The number of hydrogen-bond donors (Lipinski definition) is 4. The van der Waals surface area contributed by atoms with E-state index in [1.807, 2.05) is 0 Å². The summed E-state index contributed by atoms with van der Waals surface area (Å²) in [5, 5.41) is 26.8.